The number of hydrogen-bond donors (Lipinski definition) is 1. The largest absolute Gasteiger partial charge is 0.494 e. The molecule has 4 rings (SSSR count). The number of thiophene rings is 1. The molecular weight excluding hydrogens is 671 g/mol. The van der Waals surface area contributed by atoms with Crippen molar-refractivity contribution in [2.75, 3.05) is 33.8 Å². The van der Waals surface area contributed by atoms with E-state index in [-0.39, 0.29) is 35.5 Å². The van der Waals surface area contributed by atoms with E-state index in [0.29, 0.717) is 23.8 Å². The minimum Gasteiger partial charge on any atom is -0.494 e. The normalized spacial score (nSPS) is 14.4. The van der Waals surface area contributed by atoms with Crippen LogP contribution in [0.4, 0.5) is 0 Å². The summed E-state index contributed by atoms with van der Waals surface area (Å²) in [6, 6.07) is 18.6. The molecule has 0 saturated carbocycles. The van der Waals surface area contributed by atoms with Crippen LogP contribution < -0.4 is 10.1 Å². The van der Waals surface area contributed by atoms with Gasteiger partial charge in [-0.2, -0.15) is 0 Å². The molecule has 1 aliphatic heterocycles. The molecule has 1 N–H and O–H groups in total. The molecule has 9 nitrogen and oxygen atoms in total. The number of amidine groups is 1. The van der Waals surface area contributed by atoms with Crippen molar-refractivity contribution in [3.05, 3.63) is 93.3 Å². The van der Waals surface area contributed by atoms with Crippen molar-refractivity contribution < 1.29 is 19.1 Å². The first kappa shape index (κ1) is 40.2. The number of amides is 3. The van der Waals surface area contributed by atoms with Crippen LogP contribution in [0.5, 0.6) is 5.75 Å². The van der Waals surface area contributed by atoms with Gasteiger partial charge in [-0.3, -0.25) is 14.4 Å². The van der Waals surface area contributed by atoms with Gasteiger partial charge < -0.3 is 19.9 Å². The van der Waals surface area contributed by atoms with Gasteiger partial charge >= 0.3 is 0 Å². The number of allylic oxidation sites excluding steroid dienone is 1. The quantitative estimate of drug-likeness (QED) is 0.0925. The Bertz CT molecular complexity index is 1730. The first-order chi connectivity index (χ1) is 24.8. The zero-order valence-electron chi connectivity index (χ0n) is 31.9. The summed E-state index contributed by atoms with van der Waals surface area (Å²) in [5, 5.41) is 3.00. The Morgan fingerprint density at radius 2 is 1.63 bits per heavy atom. The summed E-state index contributed by atoms with van der Waals surface area (Å²) in [7, 11) is 3.43. The van der Waals surface area contributed by atoms with Gasteiger partial charge in [0.25, 0.3) is 5.91 Å². The summed E-state index contributed by atoms with van der Waals surface area (Å²) >= 11 is 1.44. The summed E-state index contributed by atoms with van der Waals surface area (Å²) in [5.74, 6) is 0.612. The van der Waals surface area contributed by atoms with E-state index >= 15 is 0 Å². The number of aliphatic imine (C=N–C) groups is 2. The van der Waals surface area contributed by atoms with E-state index in [2.05, 4.69) is 49.7 Å². The fraction of sp³-hybridized carbons (Fsp3) is 0.452. The van der Waals surface area contributed by atoms with Crippen molar-refractivity contribution in [2.45, 2.75) is 84.6 Å². The molecule has 10 heteroatoms. The summed E-state index contributed by atoms with van der Waals surface area (Å²) in [5.41, 5.74) is 3.56. The molecule has 0 bridgehead atoms. The van der Waals surface area contributed by atoms with Crippen molar-refractivity contribution in [1.82, 2.24) is 15.1 Å². The van der Waals surface area contributed by atoms with Crippen LogP contribution in [0.1, 0.15) is 98.0 Å². The van der Waals surface area contributed by atoms with Gasteiger partial charge in [0.15, 0.2) is 5.84 Å². The Hall–Kier alpha value is -4.57. The molecule has 0 aliphatic carbocycles. The highest BCUT2D eigenvalue weighted by molar-refractivity contribution is 7.14. The Morgan fingerprint density at radius 3 is 2.23 bits per heavy atom. The molecule has 3 aromatic rings. The minimum absolute atomic E-state index is 0.00170. The van der Waals surface area contributed by atoms with Gasteiger partial charge in [0.2, 0.25) is 11.8 Å². The third-order valence-electron chi connectivity index (χ3n) is 9.16. The predicted molar refractivity (Wildman–Crippen MR) is 214 cm³/mol. The first-order valence-electron chi connectivity index (χ1n) is 18.3. The van der Waals surface area contributed by atoms with Crippen LogP contribution >= 0.6 is 11.3 Å². The number of nitrogens with zero attached hydrogens (tertiary/aromatic N) is 4. The Kier molecular flexibility index (Phi) is 14.5. The SMILES string of the molecule is C=NC(=N/C=C(\C)c1ccc(OCCCCCCC)cc1)c1ccc(C[C@H](NC(=O)c2ccc(C(C)(C)C)s2)C(=O)N2CC(C(=O)N(C)C)C2)cc1. The molecule has 278 valence electrons. The molecule has 0 spiro atoms. The van der Waals surface area contributed by atoms with Gasteiger partial charge in [0, 0.05) is 50.2 Å². The molecule has 2 aromatic carbocycles. The van der Waals surface area contributed by atoms with Gasteiger partial charge in [-0.05, 0) is 66.4 Å². The molecule has 1 aromatic heterocycles. The van der Waals surface area contributed by atoms with Gasteiger partial charge in [-0.25, -0.2) is 9.98 Å². The van der Waals surface area contributed by atoms with Crippen LogP contribution in [0.3, 0.4) is 0 Å². The zero-order chi connectivity index (χ0) is 37.8. The second-order valence-electron chi connectivity index (χ2n) is 14.7. The summed E-state index contributed by atoms with van der Waals surface area (Å²) in [4.78, 5) is 53.2. The van der Waals surface area contributed by atoms with E-state index in [1.807, 2.05) is 67.6 Å². The lowest BCUT2D eigenvalue weighted by Crippen LogP contribution is -2.60. The van der Waals surface area contributed by atoms with Crippen molar-refractivity contribution >= 4 is 47.2 Å². The Morgan fingerprint density at radius 1 is 0.981 bits per heavy atom. The monoisotopic (exact) mass is 725 g/mol. The first-order valence-corrected chi connectivity index (χ1v) is 19.1. The summed E-state index contributed by atoms with van der Waals surface area (Å²) < 4.78 is 5.91. The van der Waals surface area contributed by atoms with Crippen LogP contribution in [-0.4, -0.2) is 79.9 Å². The second-order valence-corrected chi connectivity index (χ2v) is 15.8. The van der Waals surface area contributed by atoms with Gasteiger partial charge in [-0.1, -0.05) is 89.8 Å². The molecule has 1 saturated heterocycles. The number of ether oxygens (including phenoxy) is 1. The van der Waals surface area contributed by atoms with Crippen molar-refractivity contribution in [3.63, 3.8) is 0 Å². The maximum atomic E-state index is 13.7. The van der Waals surface area contributed by atoms with Crippen molar-refractivity contribution in [1.29, 1.82) is 0 Å². The van der Waals surface area contributed by atoms with E-state index in [0.717, 1.165) is 45.9 Å². The van der Waals surface area contributed by atoms with E-state index in [1.165, 1.54) is 37.0 Å². The van der Waals surface area contributed by atoms with E-state index < -0.39 is 6.04 Å². The molecule has 1 fully saturated rings. The van der Waals surface area contributed by atoms with Crippen LogP contribution in [-0.2, 0) is 21.4 Å². The molecule has 1 aliphatic rings. The molecule has 3 amide bonds. The lowest BCUT2D eigenvalue weighted by molar-refractivity contribution is -0.148. The highest BCUT2D eigenvalue weighted by atomic mass is 32.1. The van der Waals surface area contributed by atoms with Crippen LogP contribution in [0.15, 0.2) is 76.8 Å². The van der Waals surface area contributed by atoms with E-state index in [9.17, 15) is 14.4 Å². The average Bonchev–Trinajstić information content (AvgIpc) is 3.62. The number of carbonyl (C=O) groups excluding carboxylic acids is 3. The average molecular weight is 726 g/mol. The van der Waals surface area contributed by atoms with Gasteiger partial charge in [-0.15, -0.1) is 11.3 Å². The van der Waals surface area contributed by atoms with Crippen LogP contribution in [0, 0.1) is 5.92 Å². The third-order valence-corrected chi connectivity index (χ3v) is 10.7. The fourth-order valence-corrected chi connectivity index (χ4v) is 6.83. The molecule has 2 heterocycles. The molecule has 0 radical (unpaired) electrons. The molecular formula is C42H55N5O4S. The summed E-state index contributed by atoms with van der Waals surface area (Å²) in [6.45, 7) is 15.7. The van der Waals surface area contributed by atoms with Crippen LogP contribution in [0.2, 0.25) is 0 Å². The second kappa shape index (κ2) is 18.8. The Labute approximate surface area is 313 Å². The topological polar surface area (TPSA) is 104 Å². The number of benzene rings is 2. The van der Waals surface area contributed by atoms with Gasteiger partial charge in [0.05, 0.1) is 17.4 Å². The number of hydrogen-bond acceptors (Lipinski definition) is 6. The maximum absolute atomic E-state index is 13.7. The summed E-state index contributed by atoms with van der Waals surface area (Å²) in [6.07, 6.45) is 8.10. The van der Waals surface area contributed by atoms with E-state index in [4.69, 9.17) is 4.74 Å². The highest BCUT2D eigenvalue weighted by Crippen LogP contribution is 2.30. The maximum Gasteiger partial charge on any atom is 0.262 e. The number of likely N-dealkylation sites (tertiary alicyclic amines) is 1. The van der Waals surface area contributed by atoms with Crippen molar-refractivity contribution in [3.8, 4) is 5.75 Å². The smallest absolute Gasteiger partial charge is 0.262 e. The Balaban J connectivity index is 1.43. The lowest BCUT2D eigenvalue weighted by atomic mass is 9.95. The minimum atomic E-state index is -0.798. The number of nitrogens with one attached hydrogen (secondary N) is 1. The van der Waals surface area contributed by atoms with Gasteiger partial charge in [0.1, 0.15) is 11.8 Å². The van der Waals surface area contributed by atoms with Crippen LogP contribution in [0.25, 0.3) is 5.57 Å². The standard InChI is InChI=1S/C42H55N5O4S/c1-9-10-11-12-13-24-51-34-20-18-31(19-21-34)29(2)26-44-38(43-6)32-16-14-30(15-17-32)25-35(41(50)47-27-33(28-47)40(49)46(7)8)45-39(48)36-22-23-37(52-36)42(3,4)5/h14-23,26,33,35H,6,9-13,24-25,27-28H2,1-5,7-8H3,(H,45,48)/b29-26+,44-38?/t35-/m0/s1. The molecule has 0 unspecified atom stereocenters. The third kappa shape index (κ3) is 11.2. The number of unbranched alkanes of at least 4 members (excludes halogenated alkanes) is 4. The number of carbonyl (C=O) groups is 3. The molecule has 1 atom stereocenters. The molecule has 52 heavy (non-hydrogen) atoms. The van der Waals surface area contributed by atoms with Crippen molar-refractivity contribution in [2.24, 2.45) is 15.9 Å². The highest BCUT2D eigenvalue weighted by Gasteiger charge is 2.39. The fourth-order valence-electron chi connectivity index (χ4n) is 5.87. The predicted octanol–water partition coefficient (Wildman–Crippen LogP) is 7.79. The number of rotatable bonds is 16. The lowest BCUT2D eigenvalue weighted by Gasteiger charge is -2.41. The zero-order valence-corrected chi connectivity index (χ0v) is 32.7. The van der Waals surface area contributed by atoms with E-state index in [1.54, 1.807) is 30.1 Å².